The number of carbonyl (C=O) groups is 2. The molecule has 1 saturated carbocycles. The number of fused-ring (bicyclic) bond motifs is 2. The molecule has 3 atom stereocenters. The molecule has 2 amide bonds. The summed E-state index contributed by atoms with van der Waals surface area (Å²) in [6.07, 6.45) is 3.56. The molecule has 0 saturated heterocycles. The number of hydrogen-bond donors (Lipinski definition) is 4. The molecule has 3 unspecified atom stereocenters. The standard InChI is InChI=1S/C9H12N2O2.C3H8O2/c10-7(12)6-3-5-1-2-9(6,4-5)8(11)13;1-3(5)2-4/h3,5H,1-2,4H2,(H2,10,12)(H2,11,13);3-5H,2H2,1H3. The van der Waals surface area contributed by atoms with Crippen LogP contribution in [0.25, 0.3) is 0 Å². The van der Waals surface area contributed by atoms with E-state index in [9.17, 15) is 9.59 Å². The molecule has 2 aliphatic carbocycles. The Bertz CT molecular complexity index is 378. The average Bonchev–Trinajstić information content (AvgIpc) is 2.88. The highest BCUT2D eigenvalue weighted by Crippen LogP contribution is 2.53. The molecule has 18 heavy (non-hydrogen) atoms. The van der Waals surface area contributed by atoms with Crippen LogP contribution < -0.4 is 11.5 Å². The summed E-state index contributed by atoms with van der Waals surface area (Å²) < 4.78 is 0. The zero-order chi connectivity index (χ0) is 13.9. The number of nitrogens with two attached hydrogens (primary N) is 2. The minimum atomic E-state index is -0.726. The monoisotopic (exact) mass is 256 g/mol. The van der Waals surface area contributed by atoms with Crippen LogP contribution in [0.15, 0.2) is 11.6 Å². The lowest BCUT2D eigenvalue weighted by molar-refractivity contribution is -0.128. The molecule has 6 heteroatoms. The van der Waals surface area contributed by atoms with E-state index in [4.69, 9.17) is 21.7 Å². The second-order valence-corrected chi connectivity index (χ2v) is 4.93. The summed E-state index contributed by atoms with van der Waals surface area (Å²) in [5, 5.41) is 16.0. The van der Waals surface area contributed by atoms with Crippen LogP contribution >= 0.6 is 0 Å². The Morgan fingerprint density at radius 2 is 2.11 bits per heavy atom. The summed E-state index contributed by atoms with van der Waals surface area (Å²) in [6.45, 7) is 1.39. The predicted octanol–water partition coefficient (Wildman–Crippen LogP) is -0.957. The number of rotatable bonds is 3. The van der Waals surface area contributed by atoms with Gasteiger partial charge in [-0.25, -0.2) is 0 Å². The molecule has 0 aromatic carbocycles. The maximum absolute atomic E-state index is 11.3. The molecule has 6 nitrogen and oxygen atoms in total. The minimum Gasteiger partial charge on any atom is -0.394 e. The van der Waals surface area contributed by atoms with Crippen molar-refractivity contribution in [1.29, 1.82) is 0 Å². The summed E-state index contributed by atoms with van der Waals surface area (Å²) >= 11 is 0. The molecule has 0 aromatic rings. The number of allylic oxidation sites excluding steroid dienone is 1. The number of aliphatic hydroxyl groups is 2. The molecule has 0 aliphatic heterocycles. The highest BCUT2D eigenvalue weighted by atomic mass is 16.3. The summed E-state index contributed by atoms with van der Waals surface area (Å²) in [4.78, 5) is 22.3. The van der Waals surface area contributed by atoms with Gasteiger partial charge in [0.1, 0.15) is 0 Å². The van der Waals surface area contributed by atoms with E-state index in [0.717, 1.165) is 6.42 Å². The van der Waals surface area contributed by atoms with Gasteiger partial charge in [-0.2, -0.15) is 0 Å². The lowest BCUT2D eigenvalue weighted by Gasteiger charge is -2.24. The van der Waals surface area contributed by atoms with Gasteiger partial charge in [0.15, 0.2) is 0 Å². The summed E-state index contributed by atoms with van der Waals surface area (Å²) in [6, 6.07) is 0. The average molecular weight is 256 g/mol. The summed E-state index contributed by atoms with van der Waals surface area (Å²) in [7, 11) is 0. The van der Waals surface area contributed by atoms with Gasteiger partial charge in [0.2, 0.25) is 11.8 Å². The second kappa shape index (κ2) is 5.49. The molecular weight excluding hydrogens is 236 g/mol. The van der Waals surface area contributed by atoms with E-state index in [2.05, 4.69) is 0 Å². The lowest BCUT2D eigenvalue weighted by Crippen LogP contribution is -2.39. The van der Waals surface area contributed by atoms with E-state index in [1.54, 1.807) is 0 Å². The molecule has 0 spiro atoms. The molecule has 102 valence electrons. The van der Waals surface area contributed by atoms with Crippen LogP contribution in [0, 0.1) is 11.3 Å². The fourth-order valence-corrected chi connectivity index (χ4v) is 2.54. The molecule has 2 rings (SSSR count). The zero-order valence-electron chi connectivity index (χ0n) is 10.4. The van der Waals surface area contributed by atoms with Gasteiger partial charge >= 0.3 is 0 Å². The Morgan fingerprint density at radius 1 is 1.56 bits per heavy atom. The molecule has 0 radical (unpaired) electrons. The Kier molecular flexibility index (Phi) is 4.48. The van der Waals surface area contributed by atoms with Crippen LogP contribution in [0.5, 0.6) is 0 Å². The molecule has 2 aliphatic rings. The number of amides is 2. The van der Waals surface area contributed by atoms with E-state index in [0.29, 0.717) is 24.3 Å². The van der Waals surface area contributed by atoms with Gasteiger partial charge in [0.05, 0.1) is 18.1 Å². The maximum Gasteiger partial charge on any atom is 0.245 e. The summed E-state index contributed by atoms with van der Waals surface area (Å²) in [5.41, 5.74) is 10.2. The van der Waals surface area contributed by atoms with Gasteiger partial charge in [-0.15, -0.1) is 0 Å². The Labute approximate surface area is 106 Å². The highest BCUT2D eigenvalue weighted by molar-refractivity contribution is 6.02. The first kappa shape index (κ1) is 14.7. The van der Waals surface area contributed by atoms with E-state index in [-0.39, 0.29) is 6.61 Å². The Balaban J connectivity index is 0.000000280. The molecular formula is C12H20N2O4. The molecule has 0 aromatic heterocycles. The third-order valence-electron chi connectivity index (χ3n) is 3.47. The van der Waals surface area contributed by atoms with Crippen molar-refractivity contribution in [2.75, 3.05) is 6.61 Å². The number of aliphatic hydroxyl groups excluding tert-OH is 2. The molecule has 2 bridgehead atoms. The lowest BCUT2D eigenvalue weighted by atomic mass is 9.79. The van der Waals surface area contributed by atoms with Crippen molar-refractivity contribution in [3.05, 3.63) is 11.6 Å². The first-order chi connectivity index (χ1) is 8.33. The minimum absolute atomic E-state index is 0.139. The normalized spacial score (nSPS) is 30.2. The van der Waals surface area contributed by atoms with Crippen molar-refractivity contribution in [3.63, 3.8) is 0 Å². The van der Waals surface area contributed by atoms with Gasteiger partial charge in [0, 0.05) is 5.57 Å². The topological polar surface area (TPSA) is 127 Å². The molecule has 6 N–H and O–H groups in total. The van der Waals surface area contributed by atoms with Gasteiger partial charge in [-0.1, -0.05) is 6.08 Å². The summed E-state index contributed by atoms with van der Waals surface area (Å²) in [5.74, 6) is -0.575. The third kappa shape index (κ3) is 2.70. The van der Waals surface area contributed by atoms with Crippen LogP contribution in [0.2, 0.25) is 0 Å². The van der Waals surface area contributed by atoms with Crippen LogP contribution in [0.3, 0.4) is 0 Å². The number of hydrogen-bond acceptors (Lipinski definition) is 4. The second-order valence-electron chi connectivity index (χ2n) is 4.93. The van der Waals surface area contributed by atoms with E-state index in [1.165, 1.54) is 6.92 Å². The van der Waals surface area contributed by atoms with Crippen LogP contribution in [-0.4, -0.2) is 34.7 Å². The largest absolute Gasteiger partial charge is 0.394 e. The van der Waals surface area contributed by atoms with Crippen molar-refractivity contribution >= 4 is 11.8 Å². The van der Waals surface area contributed by atoms with Crippen molar-refractivity contribution < 1.29 is 19.8 Å². The fraction of sp³-hybridized carbons (Fsp3) is 0.667. The zero-order valence-corrected chi connectivity index (χ0v) is 10.4. The van der Waals surface area contributed by atoms with Gasteiger partial charge in [0.25, 0.3) is 0 Å². The van der Waals surface area contributed by atoms with Crippen molar-refractivity contribution in [3.8, 4) is 0 Å². The first-order valence-corrected chi connectivity index (χ1v) is 5.94. The van der Waals surface area contributed by atoms with Crippen molar-refractivity contribution in [2.45, 2.75) is 32.3 Å². The quantitative estimate of drug-likeness (QED) is 0.518. The Morgan fingerprint density at radius 3 is 2.39 bits per heavy atom. The first-order valence-electron chi connectivity index (χ1n) is 5.94. The smallest absolute Gasteiger partial charge is 0.245 e. The van der Waals surface area contributed by atoms with E-state index >= 15 is 0 Å². The predicted molar refractivity (Wildman–Crippen MR) is 65.0 cm³/mol. The van der Waals surface area contributed by atoms with Crippen LogP contribution in [0.1, 0.15) is 26.2 Å². The maximum atomic E-state index is 11.3. The number of primary amides is 2. The molecule has 1 fully saturated rings. The van der Waals surface area contributed by atoms with Crippen molar-refractivity contribution in [1.82, 2.24) is 0 Å². The highest BCUT2D eigenvalue weighted by Gasteiger charge is 2.52. The van der Waals surface area contributed by atoms with Gasteiger partial charge < -0.3 is 21.7 Å². The van der Waals surface area contributed by atoms with E-state index in [1.807, 2.05) is 6.08 Å². The van der Waals surface area contributed by atoms with Crippen LogP contribution in [-0.2, 0) is 9.59 Å². The molecule has 0 heterocycles. The SMILES string of the molecule is CC(O)CO.NC(=O)C1=CC2CCC1(C(N)=O)C2. The number of carbonyl (C=O) groups excluding carboxylic acids is 2. The van der Waals surface area contributed by atoms with Crippen molar-refractivity contribution in [2.24, 2.45) is 22.8 Å². The van der Waals surface area contributed by atoms with Crippen LogP contribution in [0.4, 0.5) is 0 Å². The fourth-order valence-electron chi connectivity index (χ4n) is 2.54. The third-order valence-corrected chi connectivity index (χ3v) is 3.47. The van der Waals surface area contributed by atoms with E-state index < -0.39 is 23.3 Å². The Hall–Kier alpha value is -1.40. The van der Waals surface area contributed by atoms with Gasteiger partial charge in [-0.3, -0.25) is 9.59 Å². The van der Waals surface area contributed by atoms with Gasteiger partial charge in [-0.05, 0) is 32.1 Å².